The monoisotopic (exact) mass is 982 g/mol. The number of benzene rings is 3. The smallest absolute Gasteiger partial charge is 0.341 e. The van der Waals surface area contributed by atoms with Crippen LogP contribution in [0.2, 0.25) is 0 Å². The van der Waals surface area contributed by atoms with E-state index in [-0.39, 0.29) is 22.3 Å². The summed E-state index contributed by atoms with van der Waals surface area (Å²) in [7, 11) is -9.86. The van der Waals surface area contributed by atoms with Gasteiger partial charge in [0.25, 0.3) is 20.2 Å². The molecule has 0 spiro atoms. The topological polar surface area (TPSA) is 176 Å². The van der Waals surface area contributed by atoms with E-state index in [0.717, 1.165) is 31.4 Å². The highest BCUT2D eigenvalue weighted by Gasteiger charge is 2.52. The van der Waals surface area contributed by atoms with Gasteiger partial charge in [0.2, 0.25) is 0 Å². The van der Waals surface area contributed by atoms with Crippen LogP contribution in [0.15, 0.2) is 46.2 Å². The lowest BCUT2D eigenvalue weighted by molar-refractivity contribution is 0.0248. The van der Waals surface area contributed by atoms with E-state index in [2.05, 4.69) is 45.2 Å². The molecular formula is C20H10I4O10S2. The van der Waals surface area contributed by atoms with Crippen molar-refractivity contribution < 1.29 is 45.7 Å². The average molecular weight is 982 g/mol. The maximum absolute atomic E-state index is 13.3. The van der Waals surface area contributed by atoms with E-state index in [9.17, 15) is 40.9 Å². The van der Waals surface area contributed by atoms with E-state index in [4.69, 9.17) is 4.74 Å². The van der Waals surface area contributed by atoms with Gasteiger partial charge in [-0.1, -0.05) is 12.1 Å². The second kappa shape index (κ2) is 9.59. The van der Waals surface area contributed by atoms with Crippen molar-refractivity contribution in [2.75, 3.05) is 0 Å². The number of aromatic hydroxyl groups is 2. The van der Waals surface area contributed by atoms with Crippen LogP contribution in [0.5, 0.6) is 11.5 Å². The highest BCUT2D eigenvalue weighted by Crippen LogP contribution is 2.53. The fourth-order valence-electron chi connectivity index (χ4n) is 3.85. The van der Waals surface area contributed by atoms with Gasteiger partial charge in [0.1, 0.15) is 21.3 Å². The SMILES string of the molecule is O=C1OC(c2ccc(O)c(S(=O)(=O)O)c2)(c2ccc(O)c(S(=O)(=O)O)c2)c2c(I)c(I)c(I)c(I)c21. The summed E-state index contributed by atoms with van der Waals surface area (Å²) >= 11 is 8.07. The first-order chi connectivity index (χ1) is 16.5. The van der Waals surface area contributed by atoms with Crippen LogP contribution >= 0.6 is 90.4 Å². The number of rotatable bonds is 4. The molecule has 3 aromatic rings. The van der Waals surface area contributed by atoms with E-state index < -0.39 is 53.1 Å². The molecule has 1 heterocycles. The van der Waals surface area contributed by atoms with Gasteiger partial charge < -0.3 is 14.9 Å². The Balaban J connectivity index is 2.25. The van der Waals surface area contributed by atoms with Crippen molar-refractivity contribution in [3.05, 3.63) is 72.9 Å². The number of fused-ring (bicyclic) bond motifs is 1. The number of hydrogen-bond acceptors (Lipinski definition) is 8. The highest BCUT2D eigenvalue weighted by molar-refractivity contribution is 14.1. The predicted molar refractivity (Wildman–Crippen MR) is 158 cm³/mol. The fraction of sp³-hybridized carbons (Fsp3) is 0.0500. The minimum atomic E-state index is -4.93. The molecule has 0 atom stereocenters. The molecular weight excluding hydrogens is 972 g/mol. The second-order valence-electron chi connectivity index (χ2n) is 7.39. The van der Waals surface area contributed by atoms with Gasteiger partial charge in [0, 0.05) is 31.0 Å². The maximum atomic E-state index is 13.3. The zero-order chi connectivity index (χ0) is 27.0. The summed E-state index contributed by atoms with van der Waals surface area (Å²) < 4.78 is 75.6. The van der Waals surface area contributed by atoms with Crippen LogP contribution in [0.4, 0.5) is 0 Å². The lowest BCUT2D eigenvalue weighted by Crippen LogP contribution is -2.31. The number of phenolic OH excluding ortho intramolecular Hbond substituents is 2. The molecule has 0 fully saturated rings. The molecule has 0 saturated carbocycles. The summed E-state index contributed by atoms with van der Waals surface area (Å²) in [6, 6.07) is 6.26. The van der Waals surface area contributed by atoms with Gasteiger partial charge in [0.15, 0.2) is 5.60 Å². The van der Waals surface area contributed by atoms with Gasteiger partial charge in [-0.15, -0.1) is 0 Å². The van der Waals surface area contributed by atoms with Crippen LogP contribution in [0.3, 0.4) is 0 Å². The van der Waals surface area contributed by atoms with Gasteiger partial charge in [-0.2, -0.15) is 16.8 Å². The van der Waals surface area contributed by atoms with Crippen LogP contribution in [-0.4, -0.2) is 42.1 Å². The Labute approximate surface area is 258 Å². The third kappa shape index (κ3) is 4.51. The molecule has 1 aliphatic heterocycles. The van der Waals surface area contributed by atoms with Gasteiger partial charge in [-0.3, -0.25) is 9.11 Å². The Hall–Kier alpha value is -0.530. The van der Waals surface area contributed by atoms with Gasteiger partial charge >= 0.3 is 5.97 Å². The molecule has 0 aromatic heterocycles. The largest absolute Gasteiger partial charge is 0.506 e. The first-order valence-electron chi connectivity index (χ1n) is 9.23. The molecule has 36 heavy (non-hydrogen) atoms. The molecule has 0 radical (unpaired) electrons. The Morgan fingerprint density at radius 1 is 0.694 bits per heavy atom. The minimum absolute atomic E-state index is 0.0577. The van der Waals surface area contributed by atoms with Crippen molar-refractivity contribution in [3.8, 4) is 11.5 Å². The summed E-state index contributed by atoms with van der Waals surface area (Å²) in [5, 5.41) is 20.2. The third-order valence-electron chi connectivity index (χ3n) is 5.36. The summed E-state index contributed by atoms with van der Waals surface area (Å²) in [5.74, 6) is -2.34. The maximum Gasteiger partial charge on any atom is 0.341 e. The van der Waals surface area contributed by atoms with Crippen molar-refractivity contribution in [1.29, 1.82) is 0 Å². The number of esters is 1. The molecule has 16 heteroatoms. The second-order valence-corrected chi connectivity index (χ2v) is 14.5. The Morgan fingerprint density at radius 2 is 1.11 bits per heavy atom. The molecule has 0 aliphatic carbocycles. The molecule has 0 bridgehead atoms. The van der Waals surface area contributed by atoms with Crippen molar-refractivity contribution in [3.63, 3.8) is 0 Å². The average Bonchev–Trinajstić information content (AvgIpc) is 3.09. The predicted octanol–water partition coefficient (Wildman–Crippen LogP) is 4.47. The van der Waals surface area contributed by atoms with Crippen LogP contribution in [0.25, 0.3) is 0 Å². The minimum Gasteiger partial charge on any atom is -0.506 e. The molecule has 0 unspecified atom stereocenters. The Bertz CT molecular complexity index is 1620. The van der Waals surface area contributed by atoms with Crippen LogP contribution in [-0.2, 0) is 30.6 Å². The van der Waals surface area contributed by atoms with Crippen molar-refractivity contribution in [1.82, 2.24) is 0 Å². The molecule has 1 aliphatic rings. The number of ether oxygens (including phenoxy) is 1. The number of phenols is 2. The molecule has 4 N–H and O–H groups in total. The standard InChI is InChI=1S/C20H10I4O10S2/c21-15-13-14(16(22)18(24)17(15)23)20(34-19(13)27,7-1-3-9(25)11(5-7)35(28,29)30)8-2-4-10(26)12(6-8)36(31,32)33/h1-6,25-26H,(H,28,29,30)(H,31,32,33). The summed E-state index contributed by atoms with van der Waals surface area (Å²) in [4.78, 5) is 11.5. The number of cyclic esters (lactones) is 1. The Morgan fingerprint density at radius 3 is 1.53 bits per heavy atom. The molecule has 3 aromatic carbocycles. The quantitative estimate of drug-likeness (QED) is 0.0961. The van der Waals surface area contributed by atoms with E-state index in [1.165, 1.54) is 12.1 Å². The lowest BCUT2D eigenvalue weighted by atomic mass is 9.80. The van der Waals surface area contributed by atoms with Crippen molar-refractivity contribution in [2.24, 2.45) is 0 Å². The first kappa shape index (κ1) is 28.5. The first-order valence-corrected chi connectivity index (χ1v) is 16.4. The summed E-state index contributed by atoms with van der Waals surface area (Å²) in [5.41, 5.74) is -1.71. The number of halogens is 4. The van der Waals surface area contributed by atoms with Gasteiger partial charge in [0.05, 0.1) is 5.56 Å². The highest BCUT2D eigenvalue weighted by atomic mass is 127. The lowest BCUT2D eigenvalue weighted by Gasteiger charge is -2.32. The van der Waals surface area contributed by atoms with E-state index in [1.807, 2.05) is 45.2 Å². The number of hydrogen-bond donors (Lipinski definition) is 4. The number of carbonyl (C=O) groups excluding carboxylic acids is 1. The molecule has 4 rings (SSSR count). The van der Waals surface area contributed by atoms with E-state index in [1.54, 1.807) is 0 Å². The van der Waals surface area contributed by atoms with E-state index >= 15 is 0 Å². The zero-order valence-corrected chi connectivity index (χ0v) is 27.3. The fourth-order valence-corrected chi connectivity index (χ4v) is 8.85. The number of carbonyl (C=O) groups is 1. The molecule has 190 valence electrons. The van der Waals surface area contributed by atoms with Crippen LogP contribution in [0.1, 0.15) is 27.0 Å². The van der Waals surface area contributed by atoms with E-state index in [0.29, 0.717) is 7.14 Å². The molecule has 0 amide bonds. The third-order valence-corrected chi connectivity index (χ3v) is 14.5. The van der Waals surface area contributed by atoms with Crippen LogP contribution < -0.4 is 0 Å². The Kier molecular flexibility index (Phi) is 7.58. The van der Waals surface area contributed by atoms with Gasteiger partial charge in [-0.25, -0.2) is 4.79 Å². The molecule has 10 nitrogen and oxygen atoms in total. The summed E-state index contributed by atoms with van der Waals surface area (Å²) in [6.45, 7) is 0. The van der Waals surface area contributed by atoms with Crippen LogP contribution in [0, 0.1) is 14.3 Å². The van der Waals surface area contributed by atoms with Crippen molar-refractivity contribution in [2.45, 2.75) is 15.4 Å². The summed E-state index contributed by atoms with van der Waals surface area (Å²) in [6.07, 6.45) is 0. The van der Waals surface area contributed by atoms with Crippen molar-refractivity contribution >= 4 is 117 Å². The molecule has 0 saturated heterocycles. The van der Waals surface area contributed by atoms with Gasteiger partial charge in [-0.05, 0) is 115 Å². The zero-order valence-electron chi connectivity index (χ0n) is 17.0. The normalized spacial score (nSPS) is 15.0.